The van der Waals surface area contributed by atoms with Gasteiger partial charge in [0, 0.05) is 30.8 Å². The number of halogens is 1. The Morgan fingerprint density at radius 1 is 1.00 bits per heavy atom. The lowest BCUT2D eigenvalue weighted by Gasteiger charge is -2.30. The molecule has 1 saturated heterocycles. The molecule has 4 nitrogen and oxygen atoms in total. The van der Waals surface area contributed by atoms with Crippen LogP contribution in [-0.4, -0.2) is 29.8 Å². The smallest absolute Gasteiger partial charge is 0.253 e. The summed E-state index contributed by atoms with van der Waals surface area (Å²) in [4.78, 5) is 26.6. The Morgan fingerprint density at radius 2 is 1.58 bits per heavy atom. The van der Waals surface area contributed by atoms with Crippen molar-refractivity contribution in [2.75, 3.05) is 13.1 Å². The average molecular weight is 354 g/mol. The summed E-state index contributed by atoms with van der Waals surface area (Å²) in [7, 11) is 0. The number of rotatable bonds is 4. The number of carbonyl (C=O) groups excluding carboxylic acids is 2. The lowest BCUT2D eigenvalue weighted by Crippen LogP contribution is -2.37. The Kier molecular flexibility index (Phi) is 5.66. The Morgan fingerprint density at radius 3 is 2.19 bits per heavy atom. The van der Waals surface area contributed by atoms with E-state index in [1.54, 1.807) is 36.4 Å². The van der Waals surface area contributed by atoms with Gasteiger partial charge in [0.15, 0.2) is 0 Å². The molecule has 1 aliphatic heterocycles. The fraction of sp³-hybridized carbons (Fsp3) is 0.333. The molecule has 0 unspecified atom stereocenters. The van der Waals surface area contributed by atoms with Crippen molar-refractivity contribution < 1.29 is 14.0 Å². The quantitative estimate of drug-likeness (QED) is 0.911. The zero-order valence-corrected chi connectivity index (χ0v) is 14.9. The standard InChI is InChI=1S/C21H23FN2O2/c1-15-10-12-24(13-11-15)21(26)18-6-4-17(5-7-18)20(25)23-14-16-2-8-19(22)9-3-16/h2-9,15H,10-14H2,1H3,(H,23,25). The summed E-state index contributed by atoms with van der Waals surface area (Å²) in [6.07, 6.45) is 2.07. The maximum Gasteiger partial charge on any atom is 0.253 e. The van der Waals surface area contributed by atoms with E-state index in [2.05, 4.69) is 12.2 Å². The highest BCUT2D eigenvalue weighted by atomic mass is 19.1. The van der Waals surface area contributed by atoms with Gasteiger partial charge in [-0.3, -0.25) is 9.59 Å². The van der Waals surface area contributed by atoms with Gasteiger partial charge in [-0.05, 0) is 60.7 Å². The third kappa shape index (κ3) is 4.48. The van der Waals surface area contributed by atoms with Crippen molar-refractivity contribution in [3.8, 4) is 0 Å². The van der Waals surface area contributed by atoms with Crippen molar-refractivity contribution in [2.45, 2.75) is 26.3 Å². The molecule has 2 aromatic rings. The van der Waals surface area contributed by atoms with E-state index >= 15 is 0 Å². The fourth-order valence-corrected chi connectivity index (χ4v) is 3.05. The van der Waals surface area contributed by atoms with Crippen molar-refractivity contribution in [1.82, 2.24) is 10.2 Å². The van der Waals surface area contributed by atoms with Gasteiger partial charge in [-0.1, -0.05) is 19.1 Å². The first-order chi connectivity index (χ1) is 12.5. The average Bonchev–Trinajstić information content (AvgIpc) is 2.67. The second-order valence-corrected chi connectivity index (χ2v) is 6.86. The molecule has 0 spiro atoms. The van der Waals surface area contributed by atoms with Gasteiger partial charge in [-0.25, -0.2) is 4.39 Å². The van der Waals surface area contributed by atoms with Crippen LogP contribution in [0.3, 0.4) is 0 Å². The van der Waals surface area contributed by atoms with Crippen LogP contribution < -0.4 is 5.32 Å². The van der Waals surface area contributed by atoms with Gasteiger partial charge in [-0.15, -0.1) is 0 Å². The van der Waals surface area contributed by atoms with E-state index in [-0.39, 0.29) is 17.6 Å². The Hall–Kier alpha value is -2.69. The van der Waals surface area contributed by atoms with E-state index in [9.17, 15) is 14.0 Å². The second kappa shape index (κ2) is 8.13. The van der Waals surface area contributed by atoms with Crippen LogP contribution in [0.2, 0.25) is 0 Å². The number of nitrogens with one attached hydrogen (secondary N) is 1. The topological polar surface area (TPSA) is 49.4 Å². The van der Waals surface area contributed by atoms with Crippen molar-refractivity contribution in [2.24, 2.45) is 5.92 Å². The molecule has 1 aliphatic rings. The summed E-state index contributed by atoms with van der Waals surface area (Å²) in [6, 6.07) is 12.7. The van der Waals surface area contributed by atoms with Crippen LogP contribution in [0.25, 0.3) is 0 Å². The maximum absolute atomic E-state index is 12.9. The molecule has 1 heterocycles. The van der Waals surface area contributed by atoms with Crippen LogP contribution in [0, 0.1) is 11.7 Å². The van der Waals surface area contributed by atoms with Crippen LogP contribution in [-0.2, 0) is 6.54 Å². The highest BCUT2D eigenvalue weighted by Gasteiger charge is 2.21. The monoisotopic (exact) mass is 354 g/mol. The van der Waals surface area contributed by atoms with Crippen LogP contribution in [0.5, 0.6) is 0 Å². The van der Waals surface area contributed by atoms with Gasteiger partial charge in [-0.2, -0.15) is 0 Å². The number of carbonyl (C=O) groups is 2. The first-order valence-corrected chi connectivity index (χ1v) is 8.95. The van der Waals surface area contributed by atoms with Gasteiger partial charge in [0.2, 0.25) is 0 Å². The van der Waals surface area contributed by atoms with E-state index in [1.165, 1.54) is 12.1 Å². The zero-order valence-electron chi connectivity index (χ0n) is 14.9. The minimum atomic E-state index is -0.302. The minimum Gasteiger partial charge on any atom is -0.348 e. The molecule has 0 aliphatic carbocycles. The fourth-order valence-electron chi connectivity index (χ4n) is 3.05. The molecule has 1 N–H and O–H groups in total. The molecule has 0 atom stereocenters. The van der Waals surface area contributed by atoms with Gasteiger partial charge >= 0.3 is 0 Å². The van der Waals surface area contributed by atoms with E-state index in [1.807, 2.05) is 4.90 Å². The molecule has 26 heavy (non-hydrogen) atoms. The number of hydrogen-bond acceptors (Lipinski definition) is 2. The highest BCUT2D eigenvalue weighted by Crippen LogP contribution is 2.18. The number of amides is 2. The third-order valence-corrected chi connectivity index (χ3v) is 4.83. The predicted molar refractivity (Wildman–Crippen MR) is 98.3 cm³/mol. The van der Waals surface area contributed by atoms with Gasteiger partial charge in [0.05, 0.1) is 0 Å². The zero-order chi connectivity index (χ0) is 18.5. The van der Waals surface area contributed by atoms with Crippen molar-refractivity contribution >= 4 is 11.8 Å². The lowest BCUT2D eigenvalue weighted by atomic mass is 9.98. The summed E-state index contributed by atoms with van der Waals surface area (Å²) in [5.74, 6) is 0.171. The molecule has 0 radical (unpaired) electrons. The molecule has 0 bridgehead atoms. The number of benzene rings is 2. The first kappa shape index (κ1) is 18.1. The predicted octanol–water partition coefficient (Wildman–Crippen LogP) is 3.63. The Labute approximate surface area is 153 Å². The summed E-state index contributed by atoms with van der Waals surface area (Å²) in [5.41, 5.74) is 1.93. The van der Waals surface area contributed by atoms with Crippen molar-refractivity contribution in [3.63, 3.8) is 0 Å². The molecule has 0 saturated carbocycles. The summed E-state index contributed by atoms with van der Waals surface area (Å²) in [6.45, 7) is 4.12. The molecule has 1 fully saturated rings. The molecular formula is C21H23FN2O2. The largest absolute Gasteiger partial charge is 0.348 e. The lowest BCUT2D eigenvalue weighted by molar-refractivity contribution is 0.0696. The highest BCUT2D eigenvalue weighted by molar-refractivity contribution is 5.97. The third-order valence-electron chi connectivity index (χ3n) is 4.83. The van der Waals surface area contributed by atoms with Crippen LogP contribution in [0.4, 0.5) is 4.39 Å². The SMILES string of the molecule is CC1CCN(C(=O)c2ccc(C(=O)NCc3ccc(F)cc3)cc2)CC1. The number of nitrogens with zero attached hydrogens (tertiary/aromatic N) is 1. The van der Waals surface area contributed by atoms with Gasteiger partial charge < -0.3 is 10.2 Å². The number of piperidine rings is 1. The van der Waals surface area contributed by atoms with Gasteiger partial charge in [0.25, 0.3) is 11.8 Å². The molecule has 2 amide bonds. The van der Waals surface area contributed by atoms with Crippen molar-refractivity contribution in [1.29, 1.82) is 0 Å². The molecule has 5 heteroatoms. The van der Waals surface area contributed by atoms with E-state index in [0.29, 0.717) is 23.6 Å². The summed E-state index contributed by atoms with van der Waals surface area (Å²) >= 11 is 0. The second-order valence-electron chi connectivity index (χ2n) is 6.86. The van der Waals surface area contributed by atoms with Crippen LogP contribution in [0.1, 0.15) is 46.0 Å². The molecule has 136 valence electrons. The summed E-state index contributed by atoms with van der Waals surface area (Å²) in [5, 5.41) is 2.79. The van der Waals surface area contributed by atoms with Crippen LogP contribution in [0.15, 0.2) is 48.5 Å². The number of likely N-dealkylation sites (tertiary alicyclic amines) is 1. The van der Waals surface area contributed by atoms with Crippen molar-refractivity contribution in [3.05, 3.63) is 71.0 Å². The number of hydrogen-bond donors (Lipinski definition) is 1. The van der Waals surface area contributed by atoms with E-state index in [0.717, 1.165) is 31.5 Å². The first-order valence-electron chi connectivity index (χ1n) is 8.95. The van der Waals surface area contributed by atoms with Gasteiger partial charge in [0.1, 0.15) is 5.82 Å². The molecular weight excluding hydrogens is 331 g/mol. The summed E-state index contributed by atoms with van der Waals surface area (Å²) < 4.78 is 12.9. The molecule has 3 rings (SSSR count). The minimum absolute atomic E-state index is 0.0233. The van der Waals surface area contributed by atoms with E-state index in [4.69, 9.17) is 0 Å². The molecule has 2 aromatic carbocycles. The normalized spacial score (nSPS) is 14.9. The Bertz CT molecular complexity index is 764. The Balaban J connectivity index is 1.57. The van der Waals surface area contributed by atoms with E-state index < -0.39 is 0 Å². The molecule has 0 aromatic heterocycles. The van der Waals surface area contributed by atoms with Crippen LogP contribution >= 0.6 is 0 Å². The maximum atomic E-state index is 12.9.